The van der Waals surface area contributed by atoms with Crippen molar-refractivity contribution in [3.05, 3.63) is 31.2 Å². The van der Waals surface area contributed by atoms with E-state index in [2.05, 4.69) is 0 Å². The van der Waals surface area contributed by atoms with Crippen LogP contribution in [0.5, 0.6) is 0 Å². The number of esters is 1. The zero-order valence-corrected chi connectivity index (χ0v) is 19.4. The second-order valence-electron chi connectivity index (χ2n) is 7.96. The number of rotatable bonds is 5. The average Bonchev–Trinajstić information content (AvgIpc) is 2.86. The second-order valence-corrected chi connectivity index (χ2v) is 9.47. The number of hydrogen-bond acceptors (Lipinski definition) is 5. The number of Topliss-reactive ketones (excluding diaryl/α,β-unsaturated/α-hetero) is 1. The number of carbonyl (C=O) groups excluding carboxylic acids is 4. The summed E-state index contributed by atoms with van der Waals surface area (Å²) in [7, 11) is 0. The molecule has 0 aromatic heterocycles. The molecule has 0 saturated heterocycles. The first kappa shape index (κ1) is 23.9. The van der Waals surface area contributed by atoms with E-state index in [1.165, 1.54) is 0 Å². The highest BCUT2D eigenvalue weighted by molar-refractivity contribution is 6.55. The standard InChI is InChI=1S/C19H19Cl4NO5/c1-7(2)15(18(28)29-6-8(25)19(3,4)5)24-16(26)9-10(17(24)27)12(21)14(23)13(22)11(9)20/h7,15H,6H2,1-5H3/t15-/m1/s1. The van der Waals surface area contributed by atoms with Crippen molar-refractivity contribution in [3.8, 4) is 0 Å². The van der Waals surface area contributed by atoms with Crippen LogP contribution in [0.3, 0.4) is 0 Å². The van der Waals surface area contributed by atoms with Crippen LogP contribution in [-0.2, 0) is 14.3 Å². The number of carbonyl (C=O) groups is 4. The number of ether oxygens (including phenoxy) is 1. The monoisotopic (exact) mass is 481 g/mol. The molecule has 0 aliphatic carbocycles. The molecule has 6 nitrogen and oxygen atoms in total. The van der Waals surface area contributed by atoms with Crippen molar-refractivity contribution < 1.29 is 23.9 Å². The molecule has 29 heavy (non-hydrogen) atoms. The van der Waals surface area contributed by atoms with Gasteiger partial charge in [0.15, 0.2) is 12.4 Å². The fraction of sp³-hybridized carbons (Fsp3) is 0.474. The number of imide groups is 1. The van der Waals surface area contributed by atoms with Gasteiger partial charge < -0.3 is 4.74 Å². The van der Waals surface area contributed by atoms with Crippen molar-refractivity contribution in [2.24, 2.45) is 11.3 Å². The Labute approximate surface area is 188 Å². The van der Waals surface area contributed by atoms with Gasteiger partial charge in [-0.1, -0.05) is 81.0 Å². The highest BCUT2D eigenvalue weighted by Crippen LogP contribution is 2.45. The van der Waals surface area contributed by atoms with E-state index in [4.69, 9.17) is 51.1 Å². The lowest BCUT2D eigenvalue weighted by atomic mass is 9.91. The van der Waals surface area contributed by atoms with Crippen LogP contribution in [0.1, 0.15) is 55.3 Å². The molecule has 0 unspecified atom stereocenters. The summed E-state index contributed by atoms with van der Waals surface area (Å²) in [5.74, 6) is -3.39. The lowest BCUT2D eigenvalue weighted by Crippen LogP contribution is -2.49. The van der Waals surface area contributed by atoms with Gasteiger partial charge in [0.1, 0.15) is 6.04 Å². The quantitative estimate of drug-likeness (QED) is 0.253. The average molecular weight is 483 g/mol. The highest BCUT2D eigenvalue weighted by atomic mass is 35.5. The van der Waals surface area contributed by atoms with Crippen LogP contribution in [0.4, 0.5) is 0 Å². The minimum Gasteiger partial charge on any atom is -0.456 e. The third-order valence-corrected chi connectivity index (χ3v) is 6.27. The van der Waals surface area contributed by atoms with Gasteiger partial charge in [-0.3, -0.25) is 19.3 Å². The molecule has 0 spiro atoms. The summed E-state index contributed by atoms with van der Waals surface area (Å²) in [6.07, 6.45) is 0. The summed E-state index contributed by atoms with van der Waals surface area (Å²) < 4.78 is 5.12. The third kappa shape index (κ3) is 4.26. The molecule has 158 valence electrons. The van der Waals surface area contributed by atoms with Crippen LogP contribution < -0.4 is 0 Å². The van der Waals surface area contributed by atoms with E-state index in [9.17, 15) is 19.2 Å². The molecule has 0 saturated carbocycles. The molecule has 0 radical (unpaired) electrons. The number of hydrogen-bond donors (Lipinski definition) is 0. The number of halogens is 4. The van der Waals surface area contributed by atoms with E-state index in [0.717, 1.165) is 4.90 Å². The van der Waals surface area contributed by atoms with E-state index in [1.54, 1.807) is 34.6 Å². The maximum atomic E-state index is 13.0. The van der Waals surface area contributed by atoms with E-state index in [1.807, 2.05) is 0 Å². The number of ketones is 1. The van der Waals surface area contributed by atoms with Gasteiger partial charge >= 0.3 is 5.97 Å². The first-order valence-electron chi connectivity index (χ1n) is 8.65. The van der Waals surface area contributed by atoms with Gasteiger partial charge in [0.25, 0.3) is 11.8 Å². The molecule has 0 fully saturated rings. The van der Waals surface area contributed by atoms with E-state index < -0.39 is 41.8 Å². The van der Waals surface area contributed by atoms with Crippen molar-refractivity contribution in [1.29, 1.82) is 0 Å². The molecule has 1 atom stereocenters. The third-order valence-electron chi connectivity index (χ3n) is 4.47. The zero-order chi connectivity index (χ0) is 22.4. The van der Waals surface area contributed by atoms with Gasteiger partial charge in [0.05, 0.1) is 31.2 Å². The fourth-order valence-corrected chi connectivity index (χ4v) is 3.75. The Bertz CT molecular complexity index is 873. The molecule has 2 rings (SSSR count). The molecule has 1 aliphatic rings. The molecular formula is C19H19Cl4NO5. The van der Waals surface area contributed by atoms with Crippen molar-refractivity contribution in [1.82, 2.24) is 4.90 Å². The summed E-state index contributed by atoms with van der Waals surface area (Å²) in [5, 5.41) is -0.787. The van der Waals surface area contributed by atoms with Crippen LogP contribution >= 0.6 is 46.4 Å². The molecule has 1 heterocycles. The molecule has 0 bridgehead atoms. The van der Waals surface area contributed by atoms with Gasteiger partial charge in [-0.2, -0.15) is 0 Å². The van der Waals surface area contributed by atoms with Gasteiger partial charge in [0.2, 0.25) is 0 Å². The molecular weight excluding hydrogens is 464 g/mol. The Morgan fingerprint density at radius 3 is 1.66 bits per heavy atom. The predicted octanol–water partition coefficient (Wildman–Crippen LogP) is 5.08. The molecule has 2 amide bonds. The zero-order valence-electron chi connectivity index (χ0n) is 16.4. The van der Waals surface area contributed by atoms with Crippen LogP contribution in [0.2, 0.25) is 20.1 Å². The smallest absolute Gasteiger partial charge is 0.330 e. The lowest BCUT2D eigenvalue weighted by molar-refractivity contribution is -0.154. The summed E-state index contributed by atoms with van der Waals surface area (Å²) in [5.41, 5.74) is -1.15. The van der Waals surface area contributed by atoms with Crippen molar-refractivity contribution in [3.63, 3.8) is 0 Å². The van der Waals surface area contributed by atoms with Gasteiger partial charge in [0, 0.05) is 5.41 Å². The molecule has 10 heteroatoms. The maximum Gasteiger partial charge on any atom is 0.330 e. The summed E-state index contributed by atoms with van der Waals surface area (Å²) >= 11 is 24.2. The largest absolute Gasteiger partial charge is 0.456 e. The molecule has 1 aromatic rings. The van der Waals surface area contributed by atoms with Gasteiger partial charge in [-0.15, -0.1) is 0 Å². The number of fused-ring (bicyclic) bond motifs is 1. The first-order chi connectivity index (χ1) is 13.2. The Kier molecular flexibility index (Phi) is 6.95. The predicted molar refractivity (Wildman–Crippen MR) is 111 cm³/mol. The van der Waals surface area contributed by atoms with E-state index in [0.29, 0.717) is 0 Å². The molecule has 0 N–H and O–H groups in total. The Morgan fingerprint density at radius 2 is 1.31 bits per heavy atom. The number of benzene rings is 1. The normalized spacial score (nSPS) is 15.0. The number of nitrogens with zero attached hydrogens (tertiary/aromatic N) is 1. The fourth-order valence-electron chi connectivity index (χ4n) is 2.73. The van der Waals surface area contributed by atoms with Crippen LogP contribution in [0.25, 0.3) is 0 Å². The Hall–Kier alpha value is -1.34. The molecule has 1 aromatic carbocycles. The lowest BCUT2D eigenvalue weighted by Gasteiger charge is -2.28. The first-order valence-corrected chi connectivity index (χ1v) is 10.2. The van der Waals surface area contributed by atoms with Gasteiger partial charge in [-0.05, 0) is 5.92 Å². The van der Waals surface area contributed by atoms with Crippen molar-refractivity contribution in [2.75, 3.05) is 6.61 Å². The van der Waals surface area contributed by atoms with E-state index >= 15 is 0 Å². The van der Waals surface area contributed by atoms with Crippen LogP contribution in [0.15, 0.2) is 0 Å². The Morgan fingerprint density at radius 1 is 0.897 bits per heavy atom. The Balaban J connectivity index is 2.43. The minimum atomic E-state index is -1.29. The van der Waals surface area contributed by atoms with Crippen LogP contribution in [0, 0.1) is 11.3 Å². The number of amides is 2. The van der Waals surface area contributed by atoms with Crippen LogP contribution in [-0.4, -0.2) is 41.1 Å². The summed E-state index contributed by atoms with van der Waals surface area (Å²) in [6, 6.07) is -1.29. The van der Waals surface area contributed by atoms with Crippen molar-refractivity contribution >= 4 is 70.0 Å². The maximum absolute atomic E-state index is 13.0. The summed E-state index contributed by atoms with van der Waals surface area (Å²) in [6.45, 7) is 7.84. The molecule has 1 aliphatic heterocycles. The minimum absolute atomic E-state index is 0.167. The topological polar surface area (TPSA) is 80.8 Å². The van der Waals surface area contributed by atoms with Crippen molar-refractivity contribution in [2.45, 2.75) is 40.7 Å². The van der Waals surface area contributed by atoms with E-state index in [-0.39, 0.29) is 37.0 Å². The second kappa shape index (κ2) is 8.42. The van der Waals surface area contributed by atoms with Gasteiger partial charge in [-0.25, -0.2) is 4.79 Å². The highest BCUT2D eigenvalue weighted by Gasteiger charge is 2.48. The SMILES string of the molecule is CC(C)[C@H](C(=O)OCC(=O)C(C)(C)C)N1C(=O)c2c(Cl)c(Cl)c(Cl)c(Cl)c2C1=O. The summed E-state index contributed by atoms with van der Waals surface area (Å²) in [4.78, 5) is 51.5.